The van der Waals surface area contributed by atoms with E-state index in [0.29, 0.717) is 0 Å². The number of pyridine rings is 2. The fraction of sp³-hybridized carbons (Fsp3) is 0. The summed E-state index contributed by atoms with van der Waals surface area (Å²) in [6, 6.07) is 57.4. The summed E-state index contributed by atoms with van der Waals surface area (Å²) in [5, 5.41) is 9.81. The van der Waals surface area contributed by atoms with Crippen LogP contribution in [-0.4, -0.2) is 19.1 Å². The van der Waals surface area contributed by atoms with Gasteiger partial charge in [-0.05, 0) is 93.5 Å². The predicted molar refractivity (Wildman–Crippen MR) is 216 cm³/mol. The van der Waals surface area contributed by atoms with Crippen molar-refractivity contribution >= 4 is 65.2 Å². The Morgan fingerprint density at radius 2 is 1.12 bits per heavy atom. The van der Waals surface area contributed by atoms with Gasteiger partial charge in [-0.2, -0.15) is 0 Å². The highest BCUT2D eigenvalue weighted by Gasteiger charge is 2.25. The van der Waals surface area contributed by atoms with E-state index in [1.807, 2.05) is 12.4 Å². The summed E-state index contributed by atoms with van der Waals surface area (Å²) in [6.45, 7) is 0. The van der Waals surface area contributed by atoms with Gasteiger partial charge in [-0.25, -0.2) is 4.98 Å². The normalized spacial score (nSPS) is 12.2. The maximum Gasteiger partial charge on any atom is 0.138 e. The summed E-state index contributed by atoms with van der Waals surface area (Å²) >= 11 is 0. The molecule has 0 N–H and O–H groups in total. The standard InChI is InChI=1S/C48H28N4/c1-2-11-33(12-3-1)51-41-16-7-6-14-35(41)38-25-30(18-20-42(38)51)31-19-21-43-39(26-31)47-34-13-5-4-9-29(34)17-22-44(47)52(43)45-27-32-10-8-15-36-40-28-49-24-23-37(40)48(50-45)46(32)36/h1-28H. The number of rotatable bonds is 3. The summed E-state index contributed by atoms with van der Waals surface area (Å²) in [7, 11) is 0. The molecule has 4 heterocycles. The zero-order chi connectivity index (χ0) is 33.9. The van der Waals surface area contributed by atoms with Crippen LogP contribution in [0.4, 0.5) is 0 Å². The first-order chi connectivity index (χ1) is 25.8. The molecule has 4 aromatic heterocycles. The lowest BCUT2D eigenvalue weighted by Crippen LogP contribution is -1.99. The molecular weight excluding hydrogens is 633 g/mol. The Kier molecular flexibility index (Phi) is 5.47. The number of para-hydroxylation sites is 2. The van der Waals surface area contributed by atoms with Crippen molar-refractivity contribution in [2.45, 2.75) is 0 Å². The van der Waals surface area contributed by atoms with E-state index < -0.39 is 0 Å². The second kappa shape index (κ2) is 10.3. The van der Waals surface area contributed by atoms with Gasteiger partial charge in [0.2, 0.25) is 0 Å². The minimum absolute atomic E-state index is 0.919. The molecule has 0 saturated heterocycles. The van der Waals surface area contributed by atoms with Gasteiger partial charge in [0.05, 0.1) is 27.8 Å². The fourth-order valence-corrected chi connectivity index (χ4v) is 8.87. The zero-order valence-electron chi connectivity index (χ0n) is 28.0. The summed E-state index contributed by atoms with van der Waals surface area (Å²) in [4.78, 5) is 9.89. The van der Waals surface area contributed by atoms with E-state index in [2.05, 4.69) is 172 Å². The molecule has 0 bridgehead atoms. The van der Waals surface area contributed by atoms with E-state index in [0.717, 1.165) is 33.7 Å². The minimum Gasteiger partial charge on any atom is -0.309 e. The second-order valence-electron chi connectivity index (χ2n) is 13.8. The predicted octanol–water partition coefficient (Wildman–Crippen LogP) is 12.3. The Bertz CT molecular complexity index is 3290. The van der Waals surface area contributed by atoms with E-state index in [4.69, 9.17) is 4.98 Å². The highest BCUT2D eigenvalue weighted by Crippen LogP contribution is 2.47. The quantitative estimate of drug-likeness (QED) is 0.189. The number of hydrogen-bond donors (Lipinski definition) is 0. The zero-order valence-corrected chi connectivity index (χ0v) is 28.0. The van der Waals surface area contributed by atoms with Gasteiger partial charge in [0.15, 0.2) is 0 Å². The number of nitrogens with zero attached hydrogens (tertiary/aromatic N) is 4. The van der Waals surface area contributed by atoms with E-state index in [1.54, 1.807) is 0 Å². The van der Waals surface area contributed by atoms with Crippen molar-refractivity contribution in [2.24, 2.45) is 0 Å². The van der Waals surface area contributed by atoms with Gasteiger partial charge in [-0.1, -0.05) is 97.1 Å². The summed E-state index contributed by atoms with van der Waals surface area (Å²) < 4.78 is 4.73. The Hall–Kier alpha value is -7.04. The Labute approximate surface area is 298 Å². The topological polar surface area (TPSA) is 35.6 Å². The molecule has 0 aliphatic heterocycles. The van der Waals surface area contributed by atoms with Crippen LogP contribution in [0.5, 0.6) is 0 Å². The number of benzene rings is 7. The lowest BCUT2D eigenvalue weighted by Gasteiger charge is -2.11. The van der Waals surface area contributed by atoms with Gasteiger partial charge in [0.1, 0.15) is 5.82 Å². The van der Waals surface area contributed by atoms with Crippen LogP contribution in [0.2, 0.25) is 0 Å². The van der Waals surface area contributed by atoms with Crippen LogP contribution in [0.15, 0.2) is 170 Å². The molecule has 12 rings (SSSR count). The molecule has 0 unspecified atom stereocenters. The van der Waals surface area contributed by atoms with Crippen molar-refractivity contribution in [3.63, 3.8) is 0 Å². The monoisotopic (exact) mass is 660 g/mol. The lowest BCUT2D eigenvalue weighted by molar-refractivity contribution is 1.09. The highest BCUT2D eigenvalue weighted by molar-refractivity contribution is 6.22. The number of aromatic nitrogens is 4. The third-order valence-corrected chi connectivity index (χ3v) is 11.1. The fourth-order valence-electron chi connectivity index (χ4n) is 8.87. The molecule has 0 amide bonds. The molecule has 7 aromatic carbocycles. The molecule has 1 aliphatic carbocycles. The molecule has 1 aliphatic rings. The first-order valence-corrected chi connectivity index (χ1v) is 17.7. The van der Waals surface area contributed by atoms with Crippen LogP contribution < -0.4 is 0 Å². The number of fused-ring (bicyclic) bond motifs is 11. The van der Waals surface area contributed by atoms with Crippen LogP contribution in [0, 0.1) is 0 Å². The van der Waals surface area contributed by atoms with E-state index >= 15 is 0 Å². The van der Waals surface area contributed by atoms with Crippen LogP contribution in [0.1, 0.15) is 0 Å². The van der Waals surface area contributed by atoms with E-state index in [-0.39, 0.29) is 0 Å². The van der Waals surface area contributed by atoms with Gasteiger partial charge in [-0.3, -0.25) is 9.55 Å². The van der Waals surface area contributed by atoms with Crippen LogP contribution in [-0.2, 0) is 0 Å². The Morgan fingerprint density at radius 3 is 2.00 bits per heavy atom. The first-order valence-electron chi connectivity index (χ1n) is 17.7. The van der Waals surface area contributed by atoms with Crippen LogP contribution in [0.3, 0.4) is 0 Å². The molecule has 0 atom stereocenters. The summed E-state index contributed by atoms with van der Waals surface area (Å²) in [5.74, 6) is 0.919. The molecule has 240 valence electrons. The van der Waals surface area contributed by atoms with Gasteiger partial charge in [0, 0.05) is 56.1 Å². The summed E-state index contributed by atoms with van der Waals surface area (Å²) in [5.41, 5.74) is 12.8. The van der Waals surface area contributed by atoms with Crippen molar-refractivity contribution in [1.29, 1.82) is 0 Å². The molecular formula is C48H28N4. The van der Waals surface area contributed by atoms with Crippen molar-refractivity contribution < 1.29 is 0 Å². The van der Waals surface area contributed by atoms with Crippen molar-refractivity contribution in [2.75, 3.05) is 0 Å². The highest BCUT2D eigenvalue weighted by atomic mass is 15.1. The van der Waals surface area contributed by atoms with E-state index in [9.17, 15) is 0 Å². The average molecular weight is 661 g/mol. The molecule has 4 nitrogen and oxygen atoms in total. The van der Waals surface area contributed by atoms with Crippen LogP contribution in [0.25, 0.3) is 110 Å². The molecule has 11 aromatic rings. The van der Waals surface area contributed by atoms with Gasteiger partial charge < -0.3 is 4.57 Å². The first kappa shape index (κ1) is 27.7. The maximum atomic E-state index is 5.44. The molecule has 0 saturated carbocycles. The second-order valence-corrected chi connectivity index (χ2v) is 13.8. The minimum atomic E-state index is 0.919. The average Bonchev–Trinajstić information content (AvgIpc) is 3.84. The third kappa shape index (κ3) is 3.70. The largest absolute Gasteiger partial charge is 0.309 e. The Balaban J connectivity index is 1.12. The molecule has 4 heteroatoms. The van der Waals surface area contributed by atoms with Crippen molar-refractivity contribution in [3.05, 3.63) is 170 Å². The van der Waals surface area contributed by atoms with E-state index in [1.165, 1.54) is 76.5 Å². The molecule has 0 spiro atoms. The van der Waals surface area contributed by atoms with Gasteiger partial charge in [0.25, 0.3) is 0 Å². The lowest BCUT2D eigenvalue weighted by atomic mass is 9.99. The third-order valence-electron chi connectivity index (χ3n) is 11.1. The SMILES string of the molecule is c1ccc(-n2c3ccccc3c3cc(-c4ccc5c(c4)c4c6ccccc6ccc4n5-c4cc5cccc6c5c(n4)-c4ccncc4-6)ccc32)cc1. The molecule has 52 heavy (non-hydrogen) atoms. The van der Waals surface area contributed by atoms with Gasteiger partial charge in [-0.15, -0.1) is 0 Å². The van der Waals surface area contributed by atoms with Crippen LogP contribution >= 0.6 is 0 Å². The Morgan fingerprint density at radius 1 is 0.404 bits per heavy atom. The molecule has 0 fully saturated rings. The van der Waals surface area contributed by atoms with Gasteiger partial charge >= 0.3 is 0 Å². The van der Waals surface area contributed by atoms with Crippen molar-refractivity contribution in [1.82, 2.24) is 19.1 Å². The maximum absolute atomic E-state index is 5.44. The number of hydrogen-bond acceptors (Lipinski definition) is 2. The smallest absolute Gasteiger partial charge is 0.138 e. The van der Waals surface area contributed by atoms with Crippen molar-refractivity contribution in [3.8, 4) is 45.0 Å². The summed E-state index contributed by atoms with van der Waals surface area (Å²) in [6.07, 6.45) is 3.84. The molecule has 0 radical (unpaired) electrons.